The monoisotopic (exact) mass is 366 g/mol. The Morgan fingerprint density at radius 3 is 2.26 bits per heavy atom. The summed E-state index contributed by atoms with van der Waals surface area (Å²) >= 11 is 0. The van der Waals surface area contributed by atoms with E-state index in [-0.39, 0.29) is 5.78 Å². The molecule has 3 rings (SSSR count). The summed E-state index contributed by atoms with van der Waals surface area (Å²) in [4.78, 5) is 16.7. The third-order valence-corrected chi connectivity index (χ3v) is 5.42. The smallest absolute Gasteiger partial charge is 0.159 e. The molecule has 1 heterocycles. The second-order valence-corrected chi connectivity index (χ2v) is 7.42. The molecular formula is C23H30N2O2. The van der Waals surface area contributed by atoms with E-state index in [0.29, 0.717) is 0 Å². The molecule has 1 saturated heterocycles. The van der Waals surface area contributed by atoms with Gasteiger partial charge in [0.05, 0.1) is 7.11 Å². The average molecular weight is 367 g/mol. The van der Waals surface area contributed by atoms with Gasteiger partial charge in [0.15, 0.2) is 5.78 Å². The molecule has 1 aliphatic heterocycles. The van der Waals surface area contributed by atoms with Crippen LogP contribution in [-0.2, 0) is 13.1 Å². The summed E-state index contributed by atoms with van der Waals surface area (Å²) in [7, 11) is 1.69. The van der Waals surface area contributed by atoms with Crippen molar-refractivity contribution in [2.45, 2.75) is 33.4 Å². The highest BCUT2D eigenvalue weighted by Gasteiger charge is 2.17. The zero-order chi connectivity index (χ0) is 19.2. The van der Waals surface area contributed by atoms with Crippen LogP contribution in [0.3, 0.4) is 0 Å². The molecule has 0 radical (unpaired) electrons. The maximum absolute atomic E-state index is 11.7. The number of aryl methyl sites for hydroxylation is 1. The number of rotatable bonds is 6. The van der Waals surface area contributed by atoms with Crippen molar-refractivity contribution in [2.75, 3.05) is 33.3 Å². The largest absolute Gasteiger partial charge is 0.496 e. The van der Waals surface area contributed by atoms with Crippen molar-refractivity contribution in [3.05, 3.63) is 64.7 Å². The lowest BCUT2D eigenvalue weighted by atomic mass is 10.1. The summed E-state index contributed by atoms with van der Waals surface area (Å²) in [6.45, 7) is 9.91. The van der Waals surface area contributed by atoms with Crippen LogP contribution in [0, 0.1) is 6.92 Å². The van der Waals surface area contributed by atoms with Gasteiger partial charge < -0.3 is 4.74 Å². The van der Waals surface area contributed by atoms with Crippen molar-refractivity contribution in [1.29, 1.82) is 0 Å². The number of hydrogen-bond acceptors (Lipinski definition) is 4. The van der Waals surface area contributed by atoms with E-state index in [1.807, 2.05) is 18.2 Å². The molecule has 1 fully saturated rings. The van der Waals surface area contributed by atoms with Crippen molar-refractivity contribution in [3.8, 4) is 5.75 Å². The lowest BCUT2D eigenvalue weighted by Crippen LogP contribution is -2.30. The molecular weight excluding hydrogens is 336 g/mol. The van der Waals surface area contributed by atoms with Gasteiger partial charge in [-0.05, 0) is 62.7 Å². The van der Waals surface area contributed by atoms with Gasteiger partial charge in [-0.3, -0.25) is 14.6 Å². The first-order chi connectivity index (χ1) is 13.1. The Morgan fingerprint density at radius 1 is 0.963 bits per heavy atom. The van der Waals surface area contributed by atoms with Crippen LogP contribution in [-0.4, -0.2) is 48.9 Å². The fraction of sp³-hybridized carbons (Fsp3) is 0.435. The number of carbonyl (C=O) groups is 1. The van der Waals surface area contributed by atoms with Crippen LogP contribution in [0.15, 0.2) is 42.5 Å². The molecule has 2 aromatic rings. The van der Waals surface area contributed by atoms with Crippen molar-refractivity contribution in [1.82, 2.24) is 9.80 Å². The quantitative estimate of drug-likeness (QED) is 0.726. The number of ketones is 1. The van der Waals surface area contributed by atoms with Gasteiger partial charge in [0, 0.05) is 37.3 Å². The Kier molecular flexibility index (Phi) is 6.64. The first-order valence-electron chi connectivity index (χ1n) is 9.74. The fourth-order valence-corrected chi connectivity index (χ4v) is 3.73. The summed E-state index contributed by atoms with van der Waals surface area (Å²) in [5.41, 5.74) is 4.63. The molecule has 27 heavy (non-hydrogen) atoms. The van der Waals surface area contributed by atoms with Gasteiger partial charge in [0.2, 0.25) is 0 Å². The molecule has 0 atom stereocenters. The van der Waals surface area contributed by atoms with Crippen LogP contribution >= 0.6 is 0 Å². The number of carbonyl (C=O) groups excluding carboxylic acids is 1. The number of hydrogen-bond donors (Lipinski definition) is 0. The first kappa shape index (κ1) is 19.6. The fourth-order valence-electron chi connectivity index (χ4n) is 3.73. The van der Waals surface area contributed by atoms with Crippen LogP contribution in [0.4, 0.5) is 0 Å². The van der Waals surface area contributed by atoms with E-state index in [0.717, 1.165) is 62.6 Å². The molecule has 0 aliphatic carbocycles. The molecule has 0 aromatic heterocycles. The highest BCUT2D eigenvalue weighted by atomic mass is 16.5. The minimum atomic E-state index is 0.0965. The zero-order valence-corrected chi connectivity index (χ0v) is 16.7. The van der Waals surface area contributed by atoms with E-state index in [4.69, 9.17) is 4.74 Å². The summed E-state index contributed by atoms with van der Waals surface area (Å²) in [5.74, 6) is 0.959. The van der Waals surface area contributed by atoms with E-state index in [1.54, 1.807) is 14.0 Å². The molecule has 0 bridgehead atoms. The second-order valence-electron chi connectivity index (χ2n) is 7.42. The van der Waals surface area contributed by atoms with Gasteiger partial charge in [-0.15, -0.1) is 0 Å². The van der Waals surface area contributed by atoms with E-state index in [9.17, 15) is 4.79 Å². The van der Waals surface area contributed by atoms with Crippen molar-refractivity contribution in [3.63, 3.8) is 0 Å². The maximum atomic E-state index is 11.7. The number of ether oxygens (including phenoxy) is 1. The van der Waals surface area contributed by atoms with Gasteiger partial charge in [0.25, 0.3) is 0 Å². The normalized spacial score (nSPS) is 16.1. The lowest BCUT2D eigenvalue weighted by Gasteiger charge is -2.23. The van der Waals surface area contributed by atoms with Gasteiger partial charge in [-0.1, -0.05) is 24.3 Å². The summed E-state index contributed by atoms with van der Waals surface area (Å²) < 4.78 is 5.52. The van der Waals surface area contributed by atoms with Crippen molar-refractivity contribution in [2.24, 2.45) is 0 Å². The summed E-state index contributed by atoms with van der Waals surface area (Å²) in [6, 6.07) is 14.4. The summed E-state index contributed by atoms with van der Waals surface area (Å²) in [5, 5.41) is 0. The van der Waals surface area contributed by atoms with Gasteiger partial charge >= 0.3 is 0 Å². The van der Waals surface area contributed by atoms with Gasteiger partial charge in [-0.25, -0.2) is 0 Å². The SMILES string of the molecule is COc1ccc(C(C)=O)cc1CN1CCCN(Cc2ccccc2C)CC1. The molecule has 2 aromatic carbocycles. The Balaban J connectivity index is 1.64. The maximum Gasteiger partial charge on any atom is 0.159 e. The van der Waals surface area contributed by atoms with Crippen molar-refractivity contribution >= 4 is 5.78 Å². The molecule has 4 heteroatoms. The molecule has 0 unspecified atom stereocenters. The topological polar surface area (TPSA) is 32.8 Å². The number of benzene rings is 2. The molecule has 144 valence electrons. The Hall–Kier alpha value is -2.17. The van der Waals surface area contributed by atoms with E-state index >= 15 is 0 Å². The minimum absolute atomic E-state index is 0.0965. The zero-order valence-electron chi connectivity index (χ0n) is 16.7. The van der Waals surface area contributed by atoms with Crippen LogP contribution in [0.2, 0.25) is 0 Å². The second kappa shape index (κ2) is 9.16. The average Bonchev–Trinajstić information content (AvgIpc) is 2.88. The highest BCUT2D eigenvalue weighted by molar-refractivity contribution is 5.94. The van der Waals surface area contributed by atoms with Crippen LogP contribution in [0.5, 0.6) is 5.75 Å². The Labute approximate surface area is 162 Å². The van der Waals surface area contributed by atoms with Gasteiger partial charge in [0.1, 0.15) is 5.75 Å². The third kappa shape index (κ3) is 5.18. The minimum Gasteiger partial charge on any atom is -0.496 e. The molecule has 0 saturated carbocycles. The molecule has 4 nitrogen and oxygen atoms in total. The number of Topliss-reactive ketones (excluding diaryl/α,β-unsaturated/α-hetero) is 1. The van der Waals surface area contributed by atoms with Crippen molar-refractivity contribution < 1.29 is 9.53 Å². The van der Waals surface area contributed by atoms with E-state index in [2.05, 4.69) is 41.0 Å². The predicted octanol–water partition coefficient (Wildman–Crippen LogP) is 3.91. The Bertz CT molecular complexity index is 788. The van der Waals surface area contributed by atoms with E-state index in [1.165, 1.54) is 11.1 Å². The predicted molar refractivity (Wildman–Crippen MR) is 109 cm³/mol. The number of methoxy groups -OCH3 is 1. The highest BCUT2D eigenvalue weighted by Crippen LogP contribution is 2.23. The van der Waals surface area contributed by atoms with Gasteiger partial charge in [-0.2, -0.15) is 0 Å². The molecule has 0 amide bonds. The number of nitrogens with zero attached hydrogens (tertiary/aromatic N) is 2. The lowest BCUT2D eigenvalue weighted by molar-refractivity contribution is 0.101. The van der Waals surface area contributed by atoms with E-state index < -0.39 is 0 Å². The molecule has 1 aliphatic rings. The Morgan fingerprint density at radius 2 is 1.63 bits per heavy atom. The third-order valence-electron chi connectivity index (χ3n) is 5.42. The standard InChI is InChI=1S/C23H30N2O2/c1-18-7-4-5-8-21(18)16-24-11-6-12-25(14-13-24)17-22-15-20(19(2)26)9-10-23(22)27-3/h4-5,7-10,15H,6,11-14,16-17H2,1-3H3. The van der Waals surface area contributed by atoms with Crippen LogP contribution in [0.1, 0.15) is 40.4 Å². The molecule has 0 spiro atoms. The first-order valence-corrected chi connectivity index (χ1v) is 9.74. The molecule has 0 N–H and O–H groups in total. The summed E-state index contributed by atoms with van der Waals surface area (Å²) in [6.07, 6.45) is 1.15. The van der Waals surface area contributed by atoms with Crippen LogP contribution in [0.25, 0.3) is 0 Å². The van der Waals surface area contributed by atoms with Crippen LogP contribution < -0.4 is 4.74 Å².